The van der Waals surface area contributed by atoms with Crippen LogP contribution in [0.5, 0.6) is 5.75 Å². The van der Waals surface area contributed by atoms with Crippen molar-refractivity contribution in [2.45, 2.75) is 20.0 Å². The van der Waals surface area contributed by atoms with Crippen LogP contribution in [0.2, 0.25) is 0 Å². The van der Waals surface area contributed by atoms with Gasteiger partial charge in [0, 0.05) is 18.8 Å². The fraction of sp³-hybridized carbons (Fsp3) is 0.308. The summed E-state index contributed by atoms with van der Waals surface area (Å²) in [5, 5.41) is 14.9. The number of aromatic nitrogens is 1. The van der Waals surface area contributed by atoms with Gasteiger partial charge in [0.2, 0.25) is 0 Å². The van der Waals surface area contributed by atoms with Crippen molar-refractivity contribution in [2.24, 2.45) is 0 Å². The van der Waals surface area contributed by atoms with Crippen LogP contribution in [0.4, 0.5) is 10.8 Å². The molecular formula is C13H14BrN3O3S. The average molecular weight is 372 g/mol. The molecule has 0 aliphatic heterocycles. The lowest BCUT2D eigenvalue weighted by atomic mass is 10.3. The van der Waals surface area contributed by atoms with E-state index < -0.39 is 4.92 Å². The average Bonchev–Trinajstić information content (AvgIpc) is 2.91. The second kappa shape index (κ2) is 7.37. The Balaban J connectivity index is 2.01. The summed E-state index contributed by atoms with van der Waals surface area (Å²) in [6, 6.07) is 4.71. The first-order valence-corrected chi connectivity index (χ1v) is 7.97. The predicted molar refractivity (Wildman–Crippen MR) is 86.0 cm³/mol. The van der Waals surface area contributed by atoms with E-state index in [1.807, 2.05) is 0 Å². The van der Waals surface area contributed by atoms with E-state index >= 15 is 0 Å². The quantitative estimate of drug-likeness (QED) is 0.582. The highest BCUT2D eigenvalue weighted by molar-refractivity contribution is 9.10. The molecule has 0 amide bonds. The van der Waals surface area contributed by atoms with E-state index in [2.05, 4.69) is 33.2 Å². The zero-order chi connectivity index (χ0) is 15.2. The number of ether oxygens (including phenoxy) is 1. The molecule has 21 heavy (non-hydrogen) atoms. The molecule has 1 heterocycles. The number of benzene rings is 1. The SMILES string of the molecule is CCCNc1ncc(COc2cccc([N+](=O)[O-])c2Br)s1. The summed E-state index contributed by atoms with van der Waals surface area (Å²) < 4.78 is 5.97. The topological polar surface area (TPSA) is 77.3 Å². The van der Waals surface area contributed by atoms with Crippen molar-refractivity contribution in [3.63, 3.8) is 0 Å². The summed E-state index contributed by atoms with van der Waals surface area (Å²) in [7, 11) is 0. The molecule has 8 heteroatoms. The Bertz CT molecular complexity index is 633. The Hall–Kier alpha value is -1.67. The van der Waals surface area contributed by atoms with Gasteiger partial charge in [-0.15, -0.1) is 0 Å². The number of rotatable bonds is 7. The van der Waals surface area contributed by atoms with Crippen molar-refractivity contribution in [3.8, 4) is 5.75 Å². The molecule has 0 saturated heterocycles. The maximum atomic E-state index is 10.9. The number of hydrogen-bond donors (Lipinski definition) is 1. The van der Waals surface area contributed by atoms with Crippen LogP contribution in [-0.2, 0) is 6.61 Å². The molecule has 0 atom stereocenters. The molecule has 1 N–H and O–H groups in total. The lowest BCUT2D eigenvalue weighted by Crippen LogP contribution is -1.98. The minimum atomic E-state index is -0.448. The smallest absolute Gasteiger partial charge is 0.287 e. The number of nitrogens with one attached hydrogen (secondary N) is 1. The molecule has 0 aliphatic rings. The minimum Gasteiger partial charge on any atom is -0.487 e. The van der Waals surface area contributed by atoms with Gasteiger partial charge in [0.05, 0.1) is 9.80 Å². The van der Waals surface area contributed by atoms with Crippen molar-refractivity contribution in [1.29, 1.82) is 0 Å². The van der Waals surface area contributed by atoms with Crippen molar-refractivity contribution in [3.05, 3.63) is 43.9 Å². The first-order valence-electron chi connectivity index (χ1n) is 6.36. The number of anilines is 1. The molecule has 0 aliphatic carbocycles. The van der Waals surface area contributed by atoms with Crippen molar-refractivity contribution < 1.29 is 9.66 Å². The molecule has 6 nitrogen and oxygen atoms in total. The van der Waals surface area contributed by atoms with E-state index in [0.717, 1.165) is 23.0 Å². The maximum absolute atomic E-state index is 10.9. The Kier molecular flexibility index (Phi) is 5.51. The van der Waals surface area contributed by atoms with Crippen LogP contribution in [0, 0.1) is 10.1 Å². The zero-order valence-corrected chi connectivity index (χ0v) is 13.7. The first-order chi connectivity index (χ1) is 10.1. The third-order valence-corrected chi connectivity index (χ3v) is 4.31. The van der Waals surface area contributed by atoms with Crippen molar-refractivity contribution in [1.82, 2.24) is 4.98 Å². The first kappa shape index (κ1) is 15.7. The molecule has 0 radical (unpaired) electrons. The predicted octanol–water partition coefficient (Wildman–Crippen LogP) is 4.21. The molecule has 0 unspecified atom stereocenters. The van der Waals surface area contributed by atoms with Crippen LogP contribution in [0.15, 0.2) is 28.9 Å². The van der Waals surface area contributed by atoms with Gasteiger partial charge in [0.15, 0.2) is 5.13 Å². The van der Waals surface area contributed by atoms with E-state index in [1.165, 1.54) is 17.4 Å². The molecule has 112 valence electrons. The third kappa shape index (κ3) is 4.15. The number of thiazole rings is 1. The molecule has 0 fully saturated rings. The molecule has 0 spiro atoms. The summed E-state index contributed by atoms with van der Waals surface area (Å²) in [4.78, 5) is 15.6. The Labute approximate surface area is 134 Å². The van der Waals surface area contributed by atoms with Gasteiger partial charge in [-0.3, -0.25) is 10.1 Å². The van der Waals surface area contributed by atoms with E-state index in [0.29, 0.717) is 16.8 Å². The van der Waals surface area contributed by atoms with E-state index in [9.17, 15) is 10.1 Å². The highest BCUT2D eigenvalue weighted by Crippen LogP contribution is 2.34. The fourth-order valence-corrected chi connectivity index (χ4v) is 2.86. The molecule has 0 bridgehead atoms. The minimum absolute atomic E-state index is 0.0119. The summed E-state index contributed by atoms with van der Waals surface area (Å²) in [5.74, 6) is 0.445. The Morgan fingerprint density at radius 2 is 2.33 bits per heavy atom. The van der Waals surface area contributed by atoms with Gasteiger partial charge in [0.1, 0.15) is 16.8 Å². The van der Waals surface area contributed by atoms with Gasteiger partial charge in [0.25, 0.3) is 5.69 Å². The molecule has 1 aromatic heterocycles. The summed E-state index contributed by atoms with van der Waals surface area (Å²) in [5.41, 5.74) is -0.0119. The standard InChI is InChI=1S/C13H14BrN3O3S/c1-2-6-15-13-16-7-9(21-13)8-20-11-5-3-4-10(12(11)14)17(18)19/h3-5,7H,2,6,8H2,1H3,(H,15,16). The Morgan fingerprint density at radius 3 is 3.05 bits per heavy atom. The Morgan fingerprint density at radius 1 is 1.52 bits per heavy atom. The van der Waals surface area contributed by atoms with Crippen LogP contribution >= 0.6 is 27.3 Å². The summed E-state index contributed by atoms with van der Waals surface area (Å²) in [6.07, 6.45) is 2.78. The van der Waals surface area contributed by atoms with Gasteiger partial charge in [-0.25, -0.2) is 4.98 Å². The second-order valence-electron chi connectivity index (χ2n) is 4.19. The monoisotopic (exact) mass is 371 g/mol. The lowest BCUT2D eigenvalue weighted by Gasteiger charge is -2.06. The van der Waals surface area contributed by atoms with Crippen molar-refractivity contribution >= 4 is 38.1 Å². The largest absolute Gasteiger partial charge is 0.487 e. The van der Waals surface area contributed by atoms with Gasteiger partial charge in [-0.05, 0) is 28.4 Å². The maximum Gasteiger partial charge on any atom is 0.287 e. The van der Waals surface area contributed by atoms with Crippen LogP contribution in [-0.4, -0.2) is 16.5 Å². The van der Waals surface area contributed by atoms with Gasteiger partial charge in [-0.1, -0.05) is 24.3 Å². The summed E-state index contributed by atoms with van der Waals surface area (Å²) >= 11 is 4.72. The van der Waals surface area contributed by atoms with E-state index in [4.69, 9.17) is 4.74 Å². The second-order valence-corrected chi connectivity index (χ2v) is 6.10. The highest BCUT2D eigenvalue weighted by Gasteiger charge is 2.16. The zero-order valence-electron chi connectivity index (χ0n) is 11.3. The van der Waals surface area contributed by atoms with Crippen molar-refractivity contribution in [2.75, 3.05) is 11.9 Å². The van der Waals surface area contributed by atoms with Gasteiger partial charge in [-0.2, -0.15) is 0 Å². The molecule has 1 aromatic carbocycles. The highest BCUT2D eigenvalue weighted by atomic mass is 79.9. The van der Waals surface area contributed by atoms with Crippen LogP contribution in [0.1, 0.15) is 18.2 Å². The van der Waals surface area contributed by atoms with Crippen LogP contribution in [0.25, 0.3) is 0 Å². The number of nitrogens with zero attached hydrogens (tertiary/aromatic N) is 2. The number of nitro benzene ring substituents is 1. The molecular weight excluding hydrogens is 358 g/mol. The normalized spacial score (nSPS) is 10.4. The van der Waals surface area contributed by atoms with E-state index in [1.54, 1.807) is 18.3 Å². The van der Waals surface area contributed by atoms with Gasteiger partial charge < -0.3 is 10.1 Å². The summed E-state index contributed by atoms with van der Waals surface area (Å²) in [6.45, 7) is 3.29. The lowest BCUT2D eigenvalue weighted by molar-refractivity contribution is -0.385. The number of nitro groups is 1. The number of hydrogen-bond acceptors (Lipinski definition) is 6. The molecule has 2 rings (SSSR count). The molecule has 0 saturated carbocycles. The van der Waals surface area contributed by atoms with E-state index in [-0.39, 0.29) is 5.69 Å². The third-order valence-electron chi connectivity index (χ3n) is 2.59. The van der Waals surface area contributed by atoms with Gasteiger partial charge >= 0.3 is 0 Å². The molecule has 2 aromatic rings. The van der Waals surface area contributed by atoms with Crippen LogP contribution < -0.4 is 10.1 Å². The fourth-order valence-electron chi connectivity index (χ4n) is 1.59. The number of halogens is 1. The van der Waals surface area contributed by atoms with Crippen LogP contribution in [0.3, 0.4) is 0 Å².